The highest BCUT2D eigenvalue weighted by Crippen LogP contribution is 2.30. The molecule has 0 saturated carbocycles. The summed E-state index contributed by atoms with van der Waals surface area (Å²) in [5.74, 6) is -0.511. The molecule has 0 atom stereocenters. The molecule has 8 heteroatoms. The van der Waals surface area contributed by atoms with Crippen LogP contribution < -0.4 is 16.0 Å². The minimum absolute atomic E-state index is 0.0711. The summed E-state index contributed by atoms with van der Waals surface area (Å²) in [7, 11) is 0. The zero-order valence-corrected chi connectivity index (χ0v) is 14.4. The number of rotatable bonds is 5. The van der Waals surface area contributed by atoms with E-state index < -0.39 is 17.6 Å². The lowest BCUT2D eigenvalue weighted by atomic mass is 10.1. The van der Waals surface area contributed by atoms with Crippen molar-refractivity contribution in [1.82, 2.24) is 5.32 Å². The van der Waals surface area contributed by atoms with Crippen molar-refractivity contribution in [2.75, 3.05) is 17.2 Å². The average molecular weight is 379 g/mol. The van der Waals surface area contributed by atoms with Gasteiger partial charge in [-0.05, 0) is 54.7 Å². The summed E-state index contributed by atoms with van der Waals surface area (Å²) in [6.45, 7) is 4.08. The Morgan fingerprint density at radius 3 is 2.38 bits per heavy atom. The lowest BCUT2D eigenvalue weighted by molar-refractivity contribution is -0.137. The number of nitrogens with one attached hydrogen (secondary N) is 3. The quantitative estimate of drug-likeness (QED) is 0.531. The molecule has 2 aromatic carbocycles. The monoisotopic (exact) mass is 379 g/mol. The molecular weight excluding hydrogens is 363 g/mol. The molecule has 0 radical (unpaired) electrons. The highest BCUT2D eigenvalue weighted by atomic mass is 32.1. The van der Waals surface area contributed by atoms with Gasteiger partial charge < -0.3 is 16.0 Å². The molecule has 0 unspecified atom stereocenters. The summed E-state index contributed by atoms with van der Waals surface area (Å²) in [4.78, 5) is 12.2. The van der Waals surface area contributed by atoms with Gasteiger partial charge in [0, 0.05) is 23.5 Å². The lowest BCUT2D eigenvalue weighted by Gasteiger charge is -2.11. The van der Waals surface area contributed by atoms with E-state index in [9.17, 15) is 18.0 Å². The molecule has 0 fully saturated rings. The van der Waals surface area contributed by atoms with Crippen molar-refractivity contribution in [2.45, 2.75) is 6.18 Å². The number of alkyl halides is 3. The summed E-state index contributed by atoms with van der Waals surface area (Å²) in [5, 5.41) is 8.69. The largest absolute Gasteiger partial charge is 0.416 e. The Labute approximate surface area is 154 Å². The van der Waals surface area contributed by atoms with Crippen LogP contribution in [0.2, 0.25) is 0 Å². The standard InChI is InChI=1S/C18H16F3N3OS/c1-2-10-22-17(26)24-14-8-6-12(7-9-14)16(25)23-15-5-3-4-13(11-15)18(19,20)21/h2-9,11H,1,10H2,(H,23,25)(H2,22,24,26). The highest BCUT2D eigenvalue weighted by Gasteiger charge is 2.30. The number of thiocarbonyl (C=S) groups is 1. The molecule has 0 bridgehead atoms. The number of benzene rings is 2. The van der Waals surface area contributed by atoms with Crippen molar-refractivity contribution >= 4 is 34.6 Å². The second kappa shape index (κ2) is 8.48. The van der Waals surface area contributed by atoms with E-state index in [4.69, 9.17) is 12.2 Å². The smallest absolute Gasteiger partial charge is 0.359 e. The number of carbonyl (C=O) groups is 1. The maximum absolute atomic E-state index is 12.7. The minimum atomic E-state index is -4.47. The fourth-order valence-electron chi connectivity index (χ4n) is 2.02. The van der Waals surface area contributed by atoms with E-state index in [-0.39, 0.29) is 5.69 Å². The molecule has 3 N–H and O–H groups in total. The van der Waals surface area contributed by atoms with Crippen LogP contribution in [0.4, 0.5) is 24.5 Å². The first-order valence-corrected chi connectivity index (χ1v) is 7.95. The van der Waals surface area contributed by atoms with Gasteiger partial charge in [0.15, 0.2) is 5.11 Å². The van der Waals surface area contributed by atoms with Gasteiger partial charge in [0.25, 0.3) is 5.91 Å². The molecule has 0 spiro atoms. The molecule has 0 aliphatic rings. The molecule has 136 valence electrons. The summed E-state index contributed by atoms with van der Waals surface area (Å²) in [6, 6.07) is 10.8. The van der Waals surface area contributed by atoms with E-state index in [0.717, 1.165) is 12.1 Å². The number of amides is 1. The molecule has 26 heavy (non-hydrogen) atoms. The lowest BCUT2D eigenvalue weighted by Crippen LogP contribution is -2.28. The first kappa shape index (κ1) is 19.5. The Morgan fingerprint density at radius 1 is 1.08 bits per heavy atom. The summed E-state index contributed by atoms with van der Waals surface area (Å²) >= 11 is 5.07. The van der Waals surface area contributed by atoms with Crippen molar-refractivity contribution in [2.24, 2.45) is 0 Å². The van der Waals surface area contributed by atoms with Gasteiger partial charge in [-0.25, -0.2) is 0 Å². The van der Waals surface area contributed by atoms with Crippen LogP contribution in [0, 0.1) is 0 Å². The van der Waals surface area contributed by atoms with Crippen molar-refractivity contribution in [3.05, 3.63) is 72.3 Å². The molecule has 0 aliphatic heterocycles. The molecule has 0 heterocycles. The van der Waals surface area contributed by atoms with Crippen LogP contribution in [-0.4, -0.2) is 17.6 Å². The van der Waals surface area contributed by atoms with E-state index in [1.165, 1.54) is 12.1 Å². The van der Waals surface area contributed by atoms with Gasteiger partial charge >= 0.3 is 6.18 Å². The Hall–Kier alpha value is -2.87. The Morgan fingerprint density at radius 2 is 1.77 bits per heavy atom. The number of hydrogen-bond donors (Lipinski definition) is 3. The first-order valence-electron chi connectivity index (χ1n) is 7.54. The van der Waals surface area contributed by atoms with Gasteiger partial charge in [-0.1, -0.05) is 12.1 Å². The molecule has 0 saturated heterocycles. The number of hydrogen-bond acceptors (Lipinski definition) is 2. The van der Waals surface area contributed by atoms with Crippen molar-refractivity contribution in [3.8, 4) is 0 Å². The van der Waals surface area contributed by atoms with Crippen LogP contribution in [0.3, 0.4) is 0 Å². The van der Waals surface area contributed by atoms with Gasteiger partial charge in [0.05, 0.1) is 5.56 Å². The minimum Gasteiger partial charge on any atom is -0.359 e. The normalized spacial score (nSPS) is 10.7. The highest BCUT2D eigenvalue weighted by molar-refractivity contribution is 7.80. The second-order valence-electron chi connectivity index (χ2n) is 5.23. The van der Waals surface area contributed by atoms with Crippen LogP contribution in [-0.2, 0) is 6.18 Å². The van der Waals surface area contributed by atoms with Crippen LogP contribution in [0.1, 0.15) is 15.9 Å². The van der Waals surface area contributed by atoms with Crippen molar-refractivity contribution in [1.29, 1.82) is 0 Å². The van der Waals surface area contributed by atoms with E-state index in [1.807, 2.05) is 0 Å². The SMILES string of the molecule is C=CCNC(=S)Nc1ccc(C(=O)Nc2cccc(C(F)(F)F)c2)cc1. The van der Waals surface area contributed by atoms with Crippen LogP contribution in [0.25, 0.3) is 0 Å². The third-order valence-electron chi connectivity index (χ3n) is 3.26. The predicted octanol–water partition coefficient (Wildman–Crippen LogP) is 4.43. The first-order chi connectivity index (χ1) is 12.3. The van der Waals surface area contributed by atoms with E-state index in [2.05, 4.69) is 22.5 Å². The molecule has 0 aromatic heterocycles. The van der Waals surface area contributed by atoms with Gasteiger partial charge in [-0.2, -0.15) is 13.2 Å². The number of halogens is 3. The summed E-state index contributed by atoms with van der Waals surface area (Å²) in [6.07, 6.45) is -2.80. The second-order valence-corrected chi connectivity index (χ2v) is 5.64. The third kappa shape index (κ3) is 5.59. The van der Waals surface area contributed by atoms with Gasteiger partial charge in [-0.15, -0.1) is 6.58 Å². The molecule has 0 aliphatic carbocycles. The summed E-state index contributed by atoms with van der Waals surface area (Å²) in [5.41, 5.74) is 0.220. The topological polar surface area (TPSA) is 53.2 Å². The Kier molecular flexibility index (Phi) is 6.35. The van der Waals surface area contributed by atoms with Gasteiger partial charge in [-0.3, -0.25) is 4.79 Å². The van der Waals surface area contributed by atoms with E-state index in [0.29, 0.717) is 22.9 Å². The number of anilines is 2. The summed E-state index contributed by atoms with van der Waals surface area (Å²) < 4.78 is 38.1. The maximum Gasteiger partial charge on any atom is 0.416 e. The molecule has 4 nitrogen and oxygen atoms in total. The fraction of sp³-hybridized carbons (Fsp3) is 0.111. The predicted molar refractivity (Wildman–Crippen MR) is 100 cm³/mol. The van der Waals surface area contributed by atoms with Gasteiger partial charge in [0.1, 0.15) is 0 Å². The van der Waals surface area contributed by atoms with Crippen LogP contribution in [0.15, 0.2) is 61.2 Å². The Bertz CT molecular complexity index is 804. The zero-order chi connectivity index (χ0) is 19.2. The fourth-order valence-corrected chi connectivity index (χ4v) is 2.22. The van der Waals surface area contributed by atoms with Crippen molar-refractivity contribution < 1.29 is 18.0 Å². The molecule has 2 aromatic rings. The van der Waals surface area contributed by atoms with Crippen molar-refractivity contribution in [3.63, 3.8) is 0 Å². The van der Waals surface area contributed by atoms with Crippen LogP contribution in [0.5, 0.6) is 0 Å². The van der Waals surface area contributed by atoms with E-state index >= 15 is 0 Å². The molecule has 2 rings (SSSR count). The zero-order valence-electron chi connectivity index (χ0n) is 13.6. The van der Waals surface area contributed by atoms with E-state index in [1.54, 1.807) is 30.3 Å². The molecular formula is C18H16F3N3OS. The number of carbonyl (C=O) groups excluding carboxylic acids is 1. The third-order valence-corrected chi connectivity index (χ3v) is 3.51. The maximum atomic E-state index is 12.7. The molecule has 1 amide bonds. The van der Waals surface area contributed by atoms with Gasteiger partial charge in [0.2, 0.25) is 0 Å². The Balaban J connectivity index is 2.02. The average Bonchev–Trinajstić information content (AvgIpc) is 2.60. The van der Waals surface area contributed by atoms with Crippen LogP contribution >= 0.6 is 12.2 Å².